The molecule has 48 valence electrons. The third-order valence-electron chi connectivity index (χ3n) is 4.69. The summed E-state index contributed by atoms with van der Waals surface area (Å²) in [4.78, 5) is 0. The summed E-state index contributed by atoms with van der Waals surface area (Å²) >= 11 is 0. The third kappa shape index (κ3) is 0.235. The molecule has 9 heavy (non-hydrogen) atoms. The van der Waals surface area contributed by atoms with Crippen LogP contribution in [0.25, 0.3) is 0 Å². The fourth-order valence-corrected chi connectivity index (χ4v) is 4.55. The zero-order chi connectivity index (χ0) is 5.59. The van der Waals surface area contributed by atoms with Gasteiger partial charge in [0.1, 0.15) is 0 Å². The third-order valence-corrected chi connectivity index (χ3v) is 4.69. The Balaban J connectivity index is 1.93. The monoisotopic (exact) mass is 120 g/mol. The van der Waals surface area contributed by atoms with Crippen molar-refractivity contribution in [1.82, 2.24) is 0 Å². The zero-order valence-electron chi connectivity index (χ0n) is 5.59. The minimum Gasteiger partial charge on any atom is -0.0496 e. The molecular weight excluding hydrogens is 108 g/mol. The highest BCUT2D eigenvalue weighted by molar-refractivity contribution is 5.22. The van der Waals surface area contributed by atoms with E-state index in [1.807, 2.05) is 0 Å². The summed E-state index contributed by atoms with van der Waals surface area (Å²) in [5.74, 6) is 7.62. The molecule has 0 heteroatoms. The maximum absolute atomic E-state index is 1.64. The molecule has 0 aromatic carbocycles. The summed E-state index contributed by atoms with van der Waals surface area (Å²) in [5.41, 5.74) is 0. The topological polar surface area (TPSA) is 0 Å². The van der Waals surface area contributed by atoms with Crippen LogP contribution in [0.3, 0.4) is 0 Å². The van der Waals surface area contributed by atoms with E-state index in [0.29, 0.717) is 0 Å². The van der Waals surface area contributed by atoms with E-state index < -0.39 is 0 Å². The smallest absolute Gasteiger partial charge is 0.0320 e. The predicted molar refractivity (Wildman–Crippen MR) is 34.8 cm³/mol. The van der Waals surface area contributed by atoms with Gasteiger partial charge >= 0.3 is 0 Å². The fourth-order valence-electron chi connectivity index (χ4n) is 4.55. The first-order valence-corrected chi connectivity index (χ1v) is 4.47. The van der Waals surface area contributed by atoms with Gasteiger partial charge in [0, 0.05) is 0 Å². The van der Waals surface area contributed by atoms with Crippen LogP contribution >= 0.6 is 0 Å². The summed E-state index contributed by atoms with van der Waals surface area (Å²) in [6, 6.07) is 0. The second-order valence-electron chi connectivity index (χ2n) is 4.62. The van der Waals surface area contributed by atoms with Crippen molar-refractivity contribution in [2.45, 2.75) is 19.3 Å². The Morgan fingerprint density at radius 3 is 1.67 bits per heavy atom. The van der Waals surface area contributed by atoms with Gasteiger partial charge in [-0.15, -0.1) is 0 Å². The van der Waals surface area contributed by atoms with Crippen LogP contribution in [0.5, 0.6) is 0 Å². The summed E-state index contributed by atoms with van der Waals surface area (Å²) in [6.45, 7) is 0. The maximum Gasteiger partial charge on any atom is -0.0320 e. The summed E-state index contributed by atoms with van der Waals surface area (Å²) < 4.78 is 0. The summed E-state index contributed by atoms with van der Waals surface area (Å²) in [6.07, 6.45) is 4.88. The van der Waals surface area contributed by atoms with Crippen LogP contribution in [0.15, 0.2) is 0 Å². The first-order chi connectivity index (χ1) is 4.47. The molecule has 0 radical (unpaired) electrons. The molecule has 0 N–H and O–H groups in total. The molecular formula is C9H12. The molecule has 4 bridgehead atoms. The molecule has 0 amide bonds. The van der Waals surface area contributed by atoms with Gasteiger partial charge in [-0.25, -0.2) is 0 Å². The summed E-state index contributed by atoms with van der Waals surface area (Å²) in [5, 5.41) is 0. The van der Waals surface area contributed by atoms with E-state index in [1.165, 1.54) is 35.5 Å². The van der Waals surface area contributed by atoms with Gasteiger partial charge < -0.3 is 0 Å². The Morgan fingerprint density at radius 2 is 1.22 bits per heavy atom. The van der Waals surface area contributed by atoms with Gasteiger partial charge in [0.05, 0.1) is 0 Å². The molecule has 0 saturated heterocycles. The van der Waals surface area contributed by atoms with E-state index in [2.05, 4.69) is 0 Å². The number of fused-ring (bicyclic) bond motifs is 1. The van der Waals surface area contributed by atoms with Crippen LogP contribution in [0.4, 0.5) is 0 Å². The molecule has 0 spiro atoms. The van der Waals surface area contributed by atoms with Crippen molar-refractivity contribution < 1.29 is 0 Å². The van der Waals surface area contributed by atoms with E-state index in [0.717, 1.165) is 0 Å². The molecule has 6 fully saturated rings. The predicted octanol–water partition coefficient (Wildman–Crippen LogP) is 1.91. The van der Waals surface area contributed by atoms with Crippen LogP contribution < -0.4 is 0 Å². The van der Waals surface area contributed by atoms with Crippen LogP contribution in [-0.2, 0) is 0 Å². The lowest BCUT2D eigenvalue weighted by Gasteiger charge is -2.38. The van der Waals surface area contributed by atoms with Gasteiger partial charge in [-0.05, 0) is 54.8 Å². The second kappa shape index (κ2) is 0.889. The molecule has 6 aliphatic carbocycles. The maximum atomic E-state index is 1.64. The molecule has 0 nitrogen and oxygen atoms in total. The van der Waals surface area contributed by atoms with Crippen molar-refractivity contribution in [3.8, 4) is 0 Å². The van der Waals surface area contributed by atoms with Crippen molar-refractivity contribution in [3.63, 3.8) is 0 Å². The quantitative estimate of drug-likeness (QED) is 0.458. The van der Waals surface area contributed by atoms with E-state index in [1.54, 1.807) is 19.3 Å². The molecule has 6 aliphatic rings. The Labute approximate surface area is 55.6 Å². The Kier molecular flexibility index (Phi) is 0.395. The van der Waals surface area contributed by atoms with Gasteiger partial charge in [0.25, 0.3) is 0 Å². The van der Waals surface area contributed by atoms with Crippen molar-refractivity contribution >= 4 is 0 Å². The highest BCUT2D eigenvalue weighted by Crippen LogP contribution is 2.80. The lowest BCUT2D eigenvalue weighted by molar-refractivity contribution is 0.0887. The lowest BCUT2D eigenvalue weighted by atomic mass is 9.66. The highest BCUT2D eigenvalue weighted by Gasteiger charge is 2.74. The van der Waals surface area contributed by atoms with Gasteiger partial charge in [0.2, 0.25) is 0 Å². The minimum absolute atomic E-state index is 1.26. The molecule has 0 aromatic rings. The van der Waals surface area contributed by atoms with E-state index in [4.69, 9.17) is 0 Å². The Hall–Kier alpha value is 0. The Morgan fingerprint density at radius 1 is 0.667 bits per heavy atom. The molecule has 6 saturated carbocycles. The Bertz CT molecular complexity index is 156. The van der Waals surface area contributed by atoms with Crippen molar-refractivity contribution in [2.24, 2.45) is 35.5 Å². The van der Waals surface area contributed by atoms with Crippen molar-refractivity contribution in [2.75, 3.05) is 0 Å². The van der Waals surface area contributed by atoms with E-state index in [-0.39, 0.29) is 0 Å². The van der Waals surface area contributed by atoms with Gasteiger partial charge in [0.15, 0.2) is 0 Å². The first kappa shape index (κ1) is 4.00. The molecule has 2 unspecified atom stereocenters. The van der Waals surface area contributed by atoms with Crippen LogP contribution in [-0.4, -0.2) is 0 Å². The number of rotatable bonds is 0. The van der Waals surface area contributed by atoms with Crippen LogP contribution in [0.1, 0.15) is 19.3 Å². The highest BCUT2D eigenvalue weighted by atomic mass is 14.8. The second-order valence-corrected chi connectivity index (χ2v) is 4.62. The molecule has 0 aromatic heterocycles. The SMILES string of the molecule is C1C2C1C1C3CCC1C23. The summed E-state index contributed by atoms with van der Waals surface area (Å²) in [7, 11) is 0. The fraction of sp³-hybridized carbons (Fsp3) is 1.00. The minimum atomic E-state index is 1.26. The van der Waals surface area contributed by atoms with Crippen molar-refractivity contribution in [1.29, 1.82) is 0 Å². The van der Waals surface area contributed by atoms with Gasteiger partial charge in [-0.1, -0.05) is 0 Å². The largest absolute Gasteiger partial charge is 0.0496 e. The molecule has 2 atom stereocenters. The number of hydrogen-bond acceptors (Lipinski definition) is 0. The van der Waals surface area contributed by atoms with E-state index in [9.17, 15) is 0 Å². The van der Waals surface area contributed by atoms with Crippen molar-refractivity contribution in [3.05, 3.63) is 0 Å². The van der Waals surface area contributed by atoms with Crippen LogP contribution in [0, 0.1) is 35.5 Å². The number of hydrogen-bond donors (Lipinski definition) is 0. The average Bonchev–Trinajstić information content (AvgIpc) is 2.45. The van der Waals surface area contributed by atoms with Gasteiger partial charge in [-0.3, -0.25) is 0 Å². The van der Waals surface area contributed by atoms with Gasteiger partial charge in [-0.2, -0.15) is 0 Å². The molecule has 6 rings (SSSR count). The first-order valence-electron chi connectivity index (χ1n) is 4.47. The normalized spacial score (nSPS) is 80.0. The molecule has 0 heterocycles. The molecule has 0 aliphatic heterocycles. The zero-order valence-corrected chi connectivity index (χ0v) is 5.59. The van der Waals surface area contributed by atoms with Crippen LogP contribution in [0.2, 0.25) is 0 Å². The van der Waals surface area contributed by atoms with E-state index >= 15 is 0 Å². The lowest BCUT2D eigenvalue weighted by Crippen LogP contribution is -2.34. The standard InChI is InChI=1S/C9H12/c1-2-5-8-4(1)9(5)7-3-6(7)8/h4-9H,1-3H2. The average molecular weight is 120 g/mol.